The third-order valence-electron chi connectivity index (χ3n) is 6.01. The van der Waals surface area contributed by atoms with Crippen molar-refractivity contribution in [3.63, 3.8) is 0 Å². The molecule has 160 valence electrons. The van der Waals surface area contributed by atoms with Gasteiger partial charge in [0.15, 0.2) is 9.84 Å². The van der Waals surface area contributed by atoms with E-state index in [0.29, 0.717) is 17.0 Å². The van der Waals surface area contributed by atoms with E-state index in [-0.39, 0.29) is 17.7 Å². The minimum absolute atomic E-state index is 0.0482. The van der Waals surface area contributed by atoms with Gasteiger partial charge in [-0.05, 0) is 55.7 Å². The quantitative estimate of drug-likeness (QED) is 0.767. The monoisotopic (exact) mass is 420 g/mol. The fraction of sp³-hybridized carbons (Fsp3) is 0.636. The van der Waals surface area contributed by atoms with Crippen molar-refractivity contribution in [3.8, 4) is 0 Å². The van der Waals surface area contributed by atoms with Crippen LogP contribution in [0.5, 0.6) is 0 Å². The molecule has 1 saturated carbocycles. The van der Waals surface area contributed by atoms with Crippen LogP contribution in [0.4, 0.5) is 0 Å². The zero-order valence-electron chi connectivity index (χ0n) is 17.2. The molecule has 29 heavy (non-hydrogen) atoms. The highest BCUT2D eigenvalue weighted by atomic mass is 32.2. The first-order chi connectivity index (χ1) is 13.8. The predicted octanol–water partition coefficient (Wildman–Crippen LogP) is 2.92. The summed E-state index contributed by atoms with van der Waals surface area (Å²) < 4.78 is 25.1. The molecule has 1 aromatic rings. The number of sulfone groups is 1. The van der Waals surface area contributed by atoms with Crippen LogP contribution in [0, 0.1) is 5.92 Å². The molecule has 2 fully saturated rings. The second-order valence-electron chi connectivity index (χ2n) is 8.52. The number of nitrogens with one attached hydrogen (secondary N) is 1. The Morgan fingerprint density at radius 2 is 1.79 bits per heavy atom. The highest BCUT2D eigenvalue weighted by molar-refractivity contribution is 7.91. The maximum absolute atomic E-state index is 12.7. The first-order valence-corrected chi connectivity index (χ1v) is 12.5. The van der Waals surface area contributed by atoms with Crippen LogP contribution in [0.2, 0.25) is 0 Å². The smallest absolute Gasteiger partial charge is 0.253 e. The van der Waals surface area contributed by atoms with Crippen molar-refractivity contribution in [2.24, 2.45) is 5.92 Å². The number of nitrogens with zero attached hydrogens (tertiary/aromatic N) is 1. The van der Waals surface area contributed by atoms with Crippen LogP contribution >= 0.6 is 0 Å². The van der Waals surface area contributed by atoms with Gasteiger partial charge >= 0.3 is 0 Å². The standard InChI is InChI=1S/C22H32N2O4S/c1-17-8-3-4-11-20(17)23-21(25)16-29(27,28)15-18-9-7-10-19(14-18)22(26)24-12-5-2-6-13-24/h7,9-10,14,17,20H,2-6,8,11-13,15-16H2,1H3,(H,23,25). The number of likely N-dealkylation sites (tertiary alicyclic amines) is 1. The van der Waals surface area contributed by atoms with Crippen molar-refractivity contribution >= 4 is 21.7 Å². The molecule has 1 aliphatic carbocycles. The molecule has 1 aromatic carbocycles. The summed E-state index contributed by atoms with van der Waals surface area (Å²) in [6.07, 6.45) is 7.37. The lowest BCUT2D eigenvalue weighted by Crippen LogP contribution is -2.43. The molecule has 6 nitrogen and oxygen atoms in total. The number of piperidine rings is 1. The molecule has 0 bridgehead atoms. The van der Waals surface area contributed by atoms with Crippen LogP contribution in [0.25, 0.3) is 0 Å². The highest BCUT2D eigenvalue weighted by Gasteiger charge is 2.25. The number of rotatable bonds is 6. The number of carbonyl (C=O) groups excluding carboxylic acids is 2. The number of carbonyl (C=O) groups is 2. The third-order valence-corrected chi connectivity index (χ3v) is 7.49. The van der Waals surface area contributed by atoms with E-state index in [9.17, 15) is 18.0 Å². The van der Waals surface area contributed by atoms with E-state index in [1.54, 1.807) is 24.3 Å². The molecule has 2 amide bonds. The Labute approximate surface area is 174 Å². The maximum atomic E-state index is 12.7. The highest BCUT2D eigenvalue weighted by Crippen LogP contribution is 2.23. The number of hydrogen-bond acceptors (Lipinski definition) is 4. The van der Waals surface area contributed by atoms with E-state index < -0.39 is 21.5 Å². The van der Waals surface area contributed by atoms with Gasteiger partial charge in [-0.1, -0.05) is 31.9 Å². The summed E-state index contributed by atoms with van der Waals surface area (Å²) in [6, 6.07) is 6.86. The van der Waals surface area contributed by atoms with E-state index in [1.807, 2.05) is 4.90 Å². The van der Waals surface area contributed by atoms with Gasteiger partial charge in [-0.3, -0.25) is 9.59 Å². The van der Waals surface area contributed by atoms with Gasteiger partial charge in [0, 0.05) is 24.7 Å². The SMILES string of the molecule is CC1CCCCC1NC(=O)CS(=O)(=O)Cc1cccc(C(=O)N2CCCCC2)c1. The molecular formula is C22H32N2O4S. The van der Waals surface area contributed by atoms with Gasteiger partial charge in [-0.2, -0.15) is 0 Å². The van der Waals surface area contributed by atoms with Crippen molar-refractivity contribution < 1.29 is 18.0 Å². The Morgan fingerprint density at radius 3 is 2.52 bits per heavy atom. The Hall–Kier alpha value is -1.89. The first kappa shape index (κ1) is 21.8. The largest absolute Gasteiger partial charge is 0.352 e. The molecule has 7 heteroatoms. The van der Waals surface area contributed by atoms with Crippen molar-refractivity contribution in [2.75, 3.05) is 18.8 Å². The number of benzene rings is 1. The molecule has 1 aliphatic heterocycles. The number of hydrogen-bond donors (Lipinski definition) is 1. The summed E-state index contributed by atoms with van der Waals surface area (Å²) in [4.78, 5) is 26.8. The van der Waals surface area contributed by atoms with Gasteiger partial charge in [0.2, 0.25) is 5.91 Å². The summed E-state index contributed by atoms with van der Waals surface area (Å²) in [5.41, 5.74) is 1.06. The van der Waals surface area contributed by atoms with E-state index in [2.05, 4.69) is 12.2 Å². The van der Waals surface area contributed by atoms with Gasteiger partial charge in [0.05, 0.1) is 5.75 Å². The summed E-state index contributed by atoms with van der Waals surface area (Å²) >= 11 is 0. The fourth-order valence-electron chi connectivity index (χ4n) is 4.36. The molecule has 1 heterocycles. The van der Waals surface area contributed by atoms with Crippen LogP contribution in [-0.4, -0.2) is 50.0 Å². The van der Waals surface area contributed by atoms with Gasteiger partial charge in [0.25, 0.3) is 5.91 Å². The zero-order chi connectivity index (χ0) is 20.9. The average molecular weight is 421 g/mol. The summed E-state index contributed by atoms with van der Waals surface area (Å²) in [6.45, 7) is 3.60. The van der Waals surface area contributed by atoms with E-state index in [0.717, 1.165) is 51.6 Å². The second-order valence-corrected chi connectivity index (χ2v) is 10.6. The molecule has 0 radical (unpaired) electrons. The fourth-order valence-corrected chi connectivity index (χ4v) is 5.63. The first-order valence-electron chi connectivity index (χ1n) is 10.7. The van der Waals surface area contributed by atoms with E-state index >= 15 is 0 Å². The zero-order valence-corrected chi connectivity index (χ0v) is 18.0. The van der Waals surface area contributed by atoms with Crippen molar-refractivity contribution in [2.45, 2.75) is 63.7 Å². The van der Waals surface area contributed by atoms with Gasteiger partial charge in [-0.25, -0.2) is 8.42 Å². The molecule has 2 atom stereocenters. The molecule has 1 saturated heterocycles. The lowest BCUT2D eigenvalue weighted by molar-refractivity contribution is -0.119. The minimum atomic E-state index is -3.61. The van der Waals surface area contributed by atoms with Crippen LogP contribution in [0.15, 0.2) is 24.3 Å². The molecule has 2 unspecified atom stereocenters. The Bertz CT molecular complexity index is 831. The Kier molecular flexibility index (Phi) is 7.33. The normalized spacial score (nSPS) is 22.9. The number of amides is 2. The Balaban J connectivity index is 1.59. The maximum Gasteiger partial charge on any atom is 0.253 e. The molecule has 1 N–H and O–H groups in total. The van der Waals surface area contributed by atoms with Gasteiger partial charge in [0.1, 0.15) is 5.75 Å². The van der Waals surface area contributed by atoms with E-state index in [4.69, 9.17) is 0 Å². The molecule has 0 spiro atoms. The summed E-state index contributed by atoms with van der Waals surface area (Å²) in [7, 11) is -3.61. The second kappa shape index (κ2) is 9.74. The molecule has 2 aliphatic rings. The minimum Gasteiger partial charge on any atom is -0.352 e. The molecular weight excluding hydrogens is 388 g/mol. The molecule has 3 rings (SSSR count). The summed E-state index contributed by atoms with van der Waals surface area (Å²) in [5.74, 6) is -0.840. The van der Waals surface area contributed by atoms with E-state index in [1.165, 1.54) is 6.42 Å². The van der Waals surface area contributed by atoms with Crippen molar-refractivity contribution in [1.29, 1.82) is 0 Å². The van der Waals surface area contributed by atoms with Gasteiger partial charge in [-0.15, -0.1) is 0 Å². The predicted molar refractivity (Wildman–Crippen MR) is 113 cm³/mol. The molecule has 0 aromatic heterocycles. The topological polar surface area (TPSA) is 83.5 Å². The van der Waals surface area contributed by atoms with Crippen molar-refractivity contribution in [1.82, 2.24) is 10.2 Å². The van der Waals surface area contributed by atoms with Crippen LogP contribution in [0.3, 0.4) is 0 Å². The lowest BCUT2D eigenvalue weighted by atomic mass is 9.86. The summed E-state index contributed by atoms with van der Waals surface area (Å²) in [5, 5.41) is 2.90. The third kappa shape index (κ3) is 6.29. The van der Waals surface area contributed by atoms with Crippen LogP contribution in [-0.2, 0) is 20.4 Å². The Morgan fingerprint density at radius 1 is 1.07 bits per heavy atom. The van der Waals surface area contributed by atoms with Gasteiger partial charge < -0.3 is 10.2 Å². The average Bonchev–Trinajstić information content (AvgIpc) is 2.69. The van der Waals surface area contributed by atoms with Crippen molar-refractivity contribution in [3.05, 3.63) is 35.4 Å². The van der Waals surface area contributed by atoms with Crippen LogP contribution < -0.4 is 5.32 Å². The van der Waals surface area contributed by atoms with Crippen LogP contribution in [0.1, 0.15) is 67.8 Å². The lowest BCUT2D eigenvalue weighted by Gasteiger charge is -2.29.